The molecule has 0 saturated carbocycles. The second-order valence-corrected chi connectivity index (χ2v) is 9.25. The van der Waals surface area contributed by atoms with E-state index in [0.717, 1.165) is 5.56 Å². The highest BCUT2D eigenvalue weighted by atomic mass is 16.7. The monoisotopic (exact) mass is 528 g/mol. The van der Waals surface area contributed by atoms with E-state index in [1.165, 1.54) is 21.3 Å². The molecule has 2 aliphatic heterocycles. The third-order valence-electron chi connectivity index (χ3n) is 7.20. The fraction of sp³-hybridized carbons (Fsp3) is 0.444. The molecule has 2 aromatic carbocycles. The van der Waals surface area contributed by atoms with E-state index in [0.29, 0.717) is 39.9 Å². The van der Waals surface area contributed by atoms with Crippen molar-refractivity contribution in [2.45, 2.75) is 31.3 Å². The zero-order valence-corrected chi connectivity index (χ0v) is 21.2. The van der Waals surface area contributed by atoms with Gasteiger partial charge in [0, 0.05) is 30.2 Å². The van der Waals surface area contributed by atoms with Gasteiger partial charge in [0.2, 0.25) is 12.5 Å². The molecule has 2 heterocycles. The summed E-state index contributed by atoms with van der Waals surface area (Å²) in [6.45, 7) is 0.104. The van der Waals surface area contributed by atoms with Gasteiger partial charge >= 0.3 is 17.9 Å². The lowest BCUT2D eigenvalue weighted by Crippen LogP contribution is -2.36. The van der Waals surface area contributed by atoms with E-state index in [1.807, 2.05) is 0 Å². The Morgan fingerprint density at radius 2 is 1.58 bits per heavy atom. The lowest BCUT2D eigenvalue weighted by atomic mass is 9.66. The standard InChI is InChI=1S/C27H28O11/c1-32-19-7-13(8-20(33-2)26(19)34-3)23-14-9-17-18(37-12-36-17)10-15(14)25(16-11-35-27(31)24(16)23)38-22(30)6-4-5-21(28)29/h7-10,16,23-25H,4-6,11-12H2,1-3H3,(H,28,29). The number of aliphatic carboxylic acids is 1. The van der Waals surface area contributed by atoms with Crippen LogP contribution in [-0.4, -0.2) is 57.7 Å². The summed E-state index contributed by atoms with van der Waals surface area (Å²) in [6, 6.07) is 7.16. The minimum Gasteiger partial charge on any atom is -0.493 e. The molecule has 0 amide bonds. The number of hydrogen-bond acceptors (Lipinski definition) is 10. The maximum absolute atomic E-state index is 13.2. The lowest BCUT2D eigenvalue weighted by Gasteiger charge is -2.38. The van der Waals surface area contributed by atoms with E-state index in [4.69, 9.17) is 38.3 Å². The molecule has 5 rings (SSSR count). The topological polar surface area (TPSA) is 136 Å². The zero-order valence-electron chi connectivity index (χ0n) is 21.2. The van der Waals surface area contributed by atoms with Crippen LogP contribution in [0.5, 0.6) is 28.7 Å². The average Bonchev–Trinajstić information content (AvgIpc) is 3.52. The SMILES string of the molecule is COc1cc(C2c3cc4c(cc3C(OC(=O)CCCC(=O)O)C3COC(=O)C23)OCO4)cc(OC)c1OC. The molecule has 202 valence electrons. The summed E-state index contributed by atoms with van der Waals surface area (Å²) in [7, 11) is 4.54. The molecule has 1 aliphatic carbocycles. The Morgan fingerprint density at radius 3 is 2.18 bits per heavy atom. The van der Waals surface area contributed by atoms with Crippen molar-refractivity contribution in [3.05, 3.63) is 41.0 Å². The van der Waals surface area contributed by atoms with Crippen molar-refractivity contribution >= 4 is 17.9 Å². The van der Waals surface area contributed by atoms with E-state index >= 15 is 0 Å². The molecular weight excluding hydrogens is 500 g/mol. The summed E-state index contributed by atoms with van der Waals surface area (Å²) in [5.41, 5.74) is 2.10. The highest BCUT2D eigenvalue weighted by molar-refractivity contribution is 5.79. The first-order valence-electron chi connectivity index (χ1n) is 12.2. The number of carbonyl (C=O) groups is 3. The van der Waals surface area contributed by atoms with Crippen molar-refractivity contribution in [3.8, 4) is 28.7 Å². The van der Waals surface area contributed by atoms with Crippen LogP contribution in [0, 0.1) is 11.8 Å². The predicted octanol–water partition coefficient (Wildman–Crippen LogP) is 3.22. The normalized spacial score (nSPS) is 22.7. The number of ether oxygens (including phenoxy) is 7. The maximum atomic E-state index is 13.2. The maximum Gasteiger partial charge on any atom is 0.310 e. The number of benzene rings is 2. The second kappa shape index (κ2) is 10.3. The van der Waals surface area contributed by atoms with Crippen LogP contribution in [0.4, 0.5) is 0 Å². The summed E-state index contributed by atoms with van der Waals surface area (Å²) in [5.74, 6) is -1.33. The van der Waals surface area contributed by atoms with E-state index in [1.54, 1.807) is 24.3 Å². The first-order valence-corrected chi connectivity index (χ1v) is 12.2. The Bertz CT molecular complexity index is 1240. The third kappa shape index (κ3) is 4.42. The van der Waals surface area contributed by atoms with Gasteiger partial charge in [0.05, 0.1) is 33.9 Å². The third-order valence-corrected chi connectivity index (χ3v) is 7.20. The fourth-order valence-corrected chi connectivity index (χ4v) is 5.53. The van der Waals surface area contributed by atoms with E-state index in [2.05, 4.69) is 0 Å². The number of rotatable bonds is 9. The van der Waals surface area contributed by atoms with Crippen LogP contribution in [0.25, 0.3) is 0 Å². The number of methoxy groups -OCH3 is 3. The first kappa shape index (κ1) is 25.5. The van der Waals surface area contributed by atoms with E-state index < -0.39 is 41.8 Å². The van der Waals surface area contributed by atoms with Crippen molar-refractivity contribution in [1.29, 1.82) is 0 Å². The summed E-state index contributed by atoms with van der Waals surface area (Å²) in [6.07, 6.45) is -0.865. The number of carboxylic acids is 1. The van der Waals surface area contributed by atoms with Crippen molar-refractivity contribution in [2.24, 2.45) is 11.8 Å². The molecule has 0 radical (unpaired) electrons. The Labute approximate surface area is 218 Å². The molecule has 0 spiro atoms. The molecule has 38 heavy (non-hydrogen) atoms. The molecule has 4 unspecified atom stereocenters. The number of carbonyl (C=O) groups excluding carboxylic acids is 2. The number of cyclic esters (lactones) is 1. The van der Waals surface area contributed by atoms with Gasteiger partial charge in [-0.2, -0.15) is 0 Å². The largest absolute Gasteiger partial charge is 0.493 e. The molecule has 2 aromatic rings. The van der Waals surface area contributed by atoms with Crippen LogP contribution in [0.2, 0.25) is 0 Å². The Kier molecular flexibility index (Phi) is 6.92. The summed E-state index contributed by atoms with van der Waals surface area (Å²) >= 11 is 0. The zero-order chi connectivity index (χ0) is 27.0. The highest BCUT2D eigenvalue weighted by Crippen LogP contribution is 2.56. The quantitative estimate of drug-likeness (QED) is 0.481. The number of carboxylic acid groups (broad SMARTS) is 1. The van der Waals surface area contributed by atoms with Crippen LogP contribution < -0.4 is 23.7 Å². The fourth-order valence-electron chi connectivity index (χ4n) is 5.53. The minimum atomic E-state index is -0.989. The van der Waals surface area contributed by atoms with Gasteiger partial charge in [0.25, 0.3) is 0 Å². The van der Waals surface area contributed by atoms with Gasteiger partial charge in [-0.15, -0.1) is 0 Å². The van der Waals surface area contributed by atoms with Crippen LogP contribution >= 0.6 is 0 Å². The van der Waals surface area contributed by atoms with Crippen LogP contribution in [0.15, 0.2) is 24.3 Å². The van der Waals surface area contributed by atoms with Gasteiger partial charge in [-0.25, -0.2) is 0 Å². The number of hydrogen-bond donors (Lipinski definition) is 1. The second-order valence-electron chi connectivity index (χ2n) is 9.25. The molecule has 4 atom stereocenters. The Hall–Kier alpha value is -4.15. The van der Waals surface area contributed by atoms with Crippen molar-refractivity contribution in [2.75, 3.05) is 34.7 Å². The van der Waals surface area contributed by atoms with Gasteiger partial charge in [0.1, 0.15) is 6.10 Å². The lowest BCUT2D eigenvalue weighted by molar-refractivity contribution is -0.154. The predicted molar refractivity (Wildman–Crippen MR) is 129 cm³/mol. The van der Waals surface area contributed by atoms with Gasteiger partial charge in [-0.05, 0) is 41.8 Å². The highest BCUT2D eigenvalue weighted by Gasteiger charge is 2.54. The van der Waals surface area contributed by atoms with Crippen molar-refractivity contribution in [3.63, 3.8) is 0 Å². The van der Waals surface area contributed by atoms with Crippen molar-refractivity contribution in [1.82, 2.24) is 0 Å². The van der Waals surface area contributed by atoms with Crippen molar-refractivity contribution < 1.29 is 52.6 Å². The summed E-state index contributed by atoms with van der Waals surface area (Å²) in [5, 5.41) is 8.91. The number of fused-ring (bicyclic) bond motifs is 3. The molecule has 1 fully saturated rings. The Balaban J connectivity index is 1.62. The van der Waals surface area contributed by atoms with Crippen LogP contribution in [0.3, 0.4) is 0 Å². The van der Waals surface area contributed by atoms with Gasteiger partial charge in [-0.3, -0.25) is 14.4 Å². The molecule has 3 aliphatic rings. The van der Waals surface area contributed by atoms with E-state index in [-0.39, 0.29) is 32.7 Å². The van der Waals surface area contributed by atoms with Gasteiger partial charge < -0.3 is 38.3 Å². The van der Waals surface area contributed by atoms with Crippen LogP contribution in [-0.2, 0) is 23.9 Å². The molecule has 11 nitrogen and oxygen atoms in total. The van der Waals surface area contributed by atoms with E-state index in [9.17, 15) is 14.4 Å². The molecular formula is C27H28O11. The Morgan fingerprint density at radius 1 is 0.921 bits per heavy atom. The number of esters is 2. The molecule has 0 bridgehead atoms. The first-order chi connectivity index (χ1) is 18.4. The summed E-state index contributed by atoms with van der Waals surface area (Å²) in [4.78, 5) is 36.8. The smallest absolute Gasteiger partial charge is 0.310 e. The molecule has 1 N–H and O–H groups in total. The van der Waals surface area contributed by atoms with Crippen LogP contribution in [0.1, 0.15) is 48.0 Å². The minimum absolute atomic E-state index is 0.0433. The molecule has 0 aromatic heterocycles. The van der Waals surface area contributed by atoms with Gasteiger partial charge in [0.15, 0.2) is 23.0 Å². The average molecular weight is 529 g/mol. The molecule has 1 saturated heterocycles. The summed E-state index contributed by atoms with van der Waals surface area (Å²) < 4.78 is 39.2. The molecule has 11 heteroatoms. The van der Waals surface area contributed by atoms with Gasteiger partial charge in [-0.1, -0.05) is 0 Å².